The normalized spacial score (nSPS) is 14.4. The van der Waals surface area contributed by atoms with Gasteiger partial charge in [-0.3, -0.25) is 19.1 Å². The molecule has 150 valence electrons. The van der Waals surface area contributed by atoms with Crippen LogP contribution in [0.1, 0.15) is 34.8 Å². The summed E-state index contributed by atoms with van der Waals surface area (Å²) in [4.78, 5) is 25.2. The molecule has 28 heavy (non-hydrogen) atoms. The summed E-state index contributed by atoms with van der Waals surface area (Å²) in [6, 6.07) is 1.08. The van der Waals surface area contributed by atoms with Gasteiger partial charge in [-0.05, 0) is 24.5 Å². The van der Waals surface area contributed by atoms with Crippen LogP contribution in [0.2, 0.25) is 0 Å². The van der Waals surface area contributed by atoms with Gasteiger partial charge < -0.3 is 0 Å². The lowest BCUT2D eigenvalue weighted by Gasteiger charge is -2.26. The molecule has 0 unspecified atom stereocenters. The van der Waals surface area contributed by atoms with Crippen LogP contribution in [0.25, 0.3) is 0 Å². The van der Waals surface area contributed by atoms with Gasteiger partial charge in [0.15, 0.2) is 11.6 Å². The molecule has 2 amide bonds. The van der Waals surface area contributed by atoms with Crippen molar-refractivity contribution in [2.75, 3.05) is 6.54 Å². The van der Waals surface area contributed by atoms with E-state index in [1.54, 1.807) is 0 Å². The first-order valence-corrected chi connectivity index (χ1v) is 8.08. The Labute approximate surface area is 153 Å². The van der Waals surface area contributed by atoms with Crippen molar-refractivity contribution >= 4 is 11.8 Å². The van der Waals surface area contributed by atoms with E-state index in [4.69, 9.17) is 0 Å². The highest BCUT2D eigenvalue weighted by Crippen LogP contribution is 2.29. The number of fused-ring (bicyclic) bond motifs is 1. The van der Waals surface area contributed by atoms with Crippen LogP contribution in [0.5, 0.6) is 0 Å². The first-order valence-electron chi connectivity index (χ1n) is 8.08. The van der Waals surface area contributed by atoms with Crippen LogP contribution in [-0.2, 0) is 23.9 Å². The molecule has 0 spiro atoms. The number of carbonyl (C=O) groups is 2. The summed E-state index contributed by atoms with van der Waals surface area (Å²) in [6.45, 7) is -0.613. The van der Waals surface area contributed by atoms with Crippen molar-refractivity contribution in [1.82, 2.24) is 19.7 Å². The van der Waals surface area contributed by atoms with Gasteiger partial charge in [-0.1, -0.05) is 0 Å². The van der Waals surface area contributed by atoms with Crippen LogP contribution in [-0.4, -0.2) is 38.0 Å². The number of imide groups is 1. The van der Waals surface area contributed by atoms with E-state index in [0.717, 1.165) is 4.90 Å². The third-order valence-corrected chi connectivity index (χ3v) is 4.22. The van der Waals surface area contributed by atoms with Crippen LogP contribution in [0.15, 0.2) is 12.1 Å². The Kier molecular flexibility index (Phi) is 5.13. The van der Waals surface area contributed by atoms with Gasteiger partial charge in [0.05, 0.1) is 0 Å². The Morgan fingerprint density at radius 3 is 2.39 bits per heavy atom. The number of aromatic nitrogens is 3. The molecule has 0 saturated heterocycles. The van der Waals surface area contributed by atoms with E-state index in [9.17, 15) is 35.9 Å². The topological polar surface area (TPSA) is 68.1 Å². The van der Waals surface area contributed by atoms with E-state index < -0.39 is 47.1 Å². The molecule has 0 saturated carbocycles. The predicted octanol–water partition coefficient (Wildman–Crippen LogP) is 2.72. The second-order valence-electron chi connectivity index (χ2n) is 6.06. The van der Waals surface area contributed by atoms with Crippen molar-refractivity contribution in [3.05, 3.63) is 46.8 Å². The van der Waals surface area contributed by atoms with E-state index in [1.807, 2.05) is 0 Å². The third kappa shape index (κ3) is 3.71. The number of hydrogen-bond acceptors (Lipinski definition) is 4. The van der Waals surface area contributed by atoms with E-state index in [-0.39, 0.29) is 37.9 Å². The first-order chi connectivity index (χ1) is 13.1. The average molecular weight is 406 g/mol. The number of alkyl halides is 3. The fraction of sp³-hybridized carbons (Fsp3) is 0.375. The summed E-state index contributed by atoms with van der Waals surface area (Å²) in [7, 11) is 0. The quantitative estimate of drug-likeness (QED) is 0.579. The summed E-state index contributed by atoms with van der Waals surface area (Å²) in [5.74, 6) is -7.16. The molecule has 0 atom stereocenters. The number of benzene rings is 1. The SMILES string of the molecule is O=C(CCCc1cc(F)c(F)cc1F)N1CCn2c(nnc2C(F)(F)F)C1=O. The van der Waals surface area contributed by atoms with Crippen molar-refractivity contribution in [3.63, 3.8) is 0 Å². The van der Waals surface area contributed by atoms with Crippen LogP contribution >= 0.6 is 0 Å². The van der Waals surface area contributed by atoms with E-state index in [2.05, 4.69) is 10.2 Å². The van der Waals surface area contributed by atoms with Gasteiger partial charge in [0.2, 0.25) is 17.6 Å². The van der Waals surface area contributed by atoms with E-state index in [1.165, 1.54) is 0 Å². The van der Waals surface area contributed by atoms with Crippen LogP contribution < -0.4 is 0 Å². The van der Waals surface area contributed by atoms with Crippen molar-refractivity contribution in [2.45, 2.75) is 32.0 Å². The van der Waals surface area contributed by atoms with Gasteiger partial charge in [0.25, 0.3) is 5.91 Å². The van der Waals surface area contributed by atoms with Gasteiger partial charge in [-0.2, -0.15) is 13.2 Å². The number of aryl methyl sites for hydroxylation is 1. The fourth-order valence-corrected chi connectivity index (χ4v) is 2.86. The highest BCUT2D eigenvalue weighted by Gasteiger charge is 2.42. The smallest absolute Gasteiger partial charge is 0.297 e. The summed E-state index contributed by atoms with van der Waals surface area (Å²) >= 11 is 0. The minimum Gasteiger partial charge on any atom is -0.297 e. The zero-order valence-corrected chi connectivity index (χ0v) is 14.1. The largest absolute Gasteiger partial charge is 0.451 e. The van der Waals surface area contributed by atoms with Crippen LogP contribution in [0.3, 0.4) is 0 Å². The number of rotatable bonds is 4. The molecule has 2 aromatic rings. The van der Waals surface area contributed by atoms with Crippen molar-refractivity contribution < 1.29 is 35.9 Å². The van der Waals surface area contributed by atoms with Gasteiger partial charge >= 0.3 is 6.18 Å². The molecule has 0 aliphatic carbocycles. The predicted molar refractivity (Wildman–Crippen MR) is 80.3 cm³/mol. The summed E-state index contributed by atoms with van der Waals surface area (Å²) in [5.41, 5.74) is -0.133. The molecule has 0 radical (unpaired) electrons. The minimum absolute atomic E-state index is 0.0189. The Hall–Kier alpha value is -2.92. The first kappa shape index (κ1) is 19.8. The lowest BCUT2D eigenvalue weighted by Crippen LogP contribution is -2.45. The number of amides is 2. The molecule has 3 rings (SSSR count). The summed E-state index contributed by atoms with van der Waals surface area (Å²) in [6.07, 6.45) is -5.10. The molecule has 0 N–H and O–H groups in total. The maximum atomic E-state index is 13.6. The second-order valence-corrected chi connectivity index (χ2v) is 6.06. The number of carbonyl (C=O) groups excluding carboxylic acids is 2. The summed E-state index contributed by atoms with van der Waals surface area (Å²) < 4.78 is 78.7. The van der Waals surface area contributed by atoms with Crippen molar-refractivity contribution in [1.29, 1.82) is 0 Å². The molecule has 1 aromatic heterocycles. The Morgan fingerprint density at radius 2 is 1.71 bits per heavy atom. The fourth-order valence-electron chi connectivity index (χ4n) is 2.86. The Morgan fingerprint density at radius 1 is 1.04 bits per heavy atom. The molecule has 6 nitrogen and oxygen atoms in total. The van der Waals surface area contributed by atoms with E-state index in [0.29, 0.717) is 16.7 Å². The zero-order chi connectivity index (χ0) is 20.6. The van der Waals surface area contributed by atoms with Gasteiger partial charge in [0, 0.05) is 25.6 Å². The summed E-state index contributed by atoms with van der Waals surface area (Å²) in [5, 5.41) is 6.18. The molecule has 0 fully saturated rings. The molecule has 1 aliphatic rings. The Bertz CT molecular complexity index is 940. The van der Waals surface area contributed by atoms with Crippen molar-refractivity contribution in [2.24, 2.45) is 0 Å². The number of halogens is 6. The molecular formula is C16H12F6N4O2. The maximum Gasteiger partial charge on any atom is 0.451 e. The molecule has 0 bridgehead atoms. The molecule has 1 aromatic carbocycles. The van der Waals surface area contributed by atoms with Gasteiger partial charge in [-0.15, -0.1) is 10.2 Å². The average Bonchev–Trinajstić information content (AvgIpc) is 3.05. The highest BCUT2D eigenvalue weighted by molar-refractivity contribution is 6.03. The number of nitrogens with zero attached hydrogens (tertiary/aromatic N) is 4. The highest BCUT2D eigenvalue weighted by atomic mass is 19.4. The molecule has 12 heteroatoms. The zero-order valence-electron chi connectivity index (χ0n) is 14.1. The standard InChI is InChI=1S/C16H12F6N4O2/c17-9-7-11(19)10(18)6-8(9)2-1-3-12(27)25-4-5-26-13(14(25)28)23-24-15(26)16(20,21)22/h6-7H,1-5H2. The lowest BCUT2D eigenvalue weighted by atomic mass is 10.1. The third-order valence-electron chi connectivity index (χ3n) is 4.22. The number of hydrogen-bond donors (Lipinski definition) is 0. The molecule has 2 heterocycles. The second kappa shape index (κ2) is 7.24. The van der Waals surface area contributed by atoms with E-state index >= 15 is 0 Å². The maximum absolute atomic E-state index is 13.6. The van der Waals surface area contributed by atoms with Crippen LogP contribution in [0.4, 0.5) is 26.3 Å². The van der Waals surface area contributed by atoms with Gasteiger partial charge in [0.1, 0.15) is 5.82 Å². The lowest BCUT2D eigenvalue weighted by molar-refractivity contribution is -0.147. The van der Waals surface area contributed by atoms with Gasteiger partial charge in [-0.25, -0.2) is 13.2 Å². The minimum atomic E-state index is -4.79. The van der Waals surface area contributed by atoms with Crippen LogP contribution in [0, 0.1) is 17.5 Å². The molecular weight excluding hydrogens is 394 g/mol. The Balaban J connectivity index is 1.64. The monoisotopic (exact) mass is 406 g/mol. The van der Waals surface area contributed by atoms with Crippen molar-refractivity contribution in [3.8, 4) is 0 Å². The molecule has 1 aliphatic heterocycles.